The molecule has 0 spiro atoms. The number of nitrogens with zero attached hydrogens (tertiary/aromatic N) is 1. The molecule has 2 aromatic carbocycles. The Morgan fingerprint density at radius 2 is 1.78 bits per heavy atom. The molecule has 3 unspecified atom stereocenters. The van der Waals surface area contributed by atoms with E-state index in [1.807, 2.05) is 6.92 Å². The number of hydrogen-bond donors (Lipinski definition) is 1. The number of furan rings is 1. The van der Waals surface area contributed by atoms with Crippen LogP contribution in [-0.2, 0) is 21.2 Å². The Morgan fingerprint density at radius 3 is 2.38 bits per heavy atom. The number of ether oxygens (including phenoxy) is 1. The topological polar surface area (TPSA) is 97.0 Å². The fourth-order valence-electron chi connectivity index (χ4n) is 4.09. The lowest BCUT2D eigenvalue weighted by molar-refractivity contribution is -0.148. The van der Waals surface area contributed by atoms with Crippen molar-refractivity contribution < 1.29 is 27.5 Å². The van der Waals surface area contributed by atoms with Gasteiger partial charge in [0.05, 0.1) is 18.3 Å². The minimum absolute atomic E-state index is 0.0782. The third-order valence-electron chi connectivity index (χ3n) is 5.85. The van der Waals surface area contributed by atoms with Gasteiger partial charge in [-0.1, -0.05) is 29.8 Å². The molecular weight excluding hydrogens is 430 g/mol. The van der Waals surface area contributed by atoms with E-state index < -0.39 is 27.2 Å². The van der Waals surface area contributed by atoms with Gasteiger partial charge in [0.1, 0.15) is 23.0 Å². The van der Waals surface area contributed by atoms with Crippen LogP contribution in [0.1, 0.15) is 29.2 Å². The van der Waals surface area contributed by atoms with Crippen LogP contribution < -0.4 is 4.74 Å². The fraction of sp³-hybridized carbons (Fsp3) is 0.292. The summed E-state index contributed by atoms with van der Waals surface area (Å²) in [6, 6.07) is 16.8. The predicted octanol–water partition coefficient (Wildman–Crippen LogP) is 3.27. The summed E-state index contributed by atoms with van der Waals surface area (Å²) in [6.45, 7) is 1.95. The summed E-state index contributed by atoms with van der Waals surface area (Å²) in [5, 5.41) is 9.97. The maximum absolute atomic E-state index is 13.6. The van der Waals surface area contributed by atoms with Gasteiger partial charge in [-0.05, 0) is 48.9 Å². The van der Waals surface area contributed by atoms with Crippen LogP contribution in [0.5, 0.6) is 5.75 Å². The van der Waals surface area contributed by atoms with Crippen LogP contribution in [0.2, 0.25) is 0 Å². The Kier molecular flexibility index (Phi) is 6.08. The molecule has 0 saturated carbocycles. The number of benzene rings is 2. The molecule has 1 fully saturated rings. The average Bonchev–Trinajstić information content (AvgIpc) is 3.31. The highest BCUT2D eigenvalue weighted by Crippen LogP contribution is 2.39. The van der Waals surface area contributed by atoms with Crippen molar-refractivity contribution in [1.82, 2.24) is 4.90 Å². The normalized spacial score (nSPS) is 21.5. The minimum atomic E-state index is -3.99. The van der Waals surface area contributed by atoms with Gasteiger partial charge in [0, 0.05) is 18.9 Å². The van der Waals surface area contributed by atoms with Crippen molar-refractivity contribution in [2.24, 2.45) is 0 Å². The van der Waals surface area contributed by atoms with Crippen molar-refractivity contribution in [3.05, 3.63) is 83.8 Å². The number of likely N-dealkylation sites (tertiary alicyclic amines) is 1. The highest BCUT2D eigenvalue weighted by molar-refractivity contribution is 7.92. The van der Waals surface area contributed by atoms with E-state index >= 15 is 0 Å². The van der Waals surface area contributed by atoms with Gasteiger partial charge >= 0.3 is 0 Å². The molecule has 168 valence electrons. The standard InChI is InChI=1S/C24H25NO6S/c1-16-5-11-19(12-6-16)32(28,29)23-20(21-4-3-13-31-21)14-22(26)25(24(23)27)15-17-7-9-18(30-2)10-8-17/h3-13,20,23-24,27H,14-15H2,1-2H3. The van der Waals surface area contributed by atoms with Gasteiger partial charge in [-0.2, -0.15) is 0 Å². The number of methoxy groups -OCH3 is 1. The molecule has 0 bridgehead atoms. The van der Waals surface area contributed by atoms with E-state index in [2.05, 4.69) is 0 Å². The lowest BCUT2D eigenvalue weighted by Crippen LogP contribution is -2.56. The second-order valence-corrected chi connectivity index (χ2v) is 10.0. The second-order valence-electron chi connectivity index (χ2n) is 7.93. The zero-order chi connectivity index (χ0) is 22.9. The highest BCUT2D eigenvalue weighted by Gasteiger charge is 2.50. The first-order valence-corrected chi connectivity index (χ1v) is 11.8. The van der Waals surface area contributed by atoms with Crippen molar-refractivity contribution in [3.8, 4) is 5.75 Å². The Morgan fingerprint density at radius 1 is 1.09 bits per heavy atom. The molecule has 2 heterocycles. The number of aryl methyl sites for hydroxylation is 1. The minimum Gasteiger partial charge on any atom is -0.497 e. The monoisotopic (exact) mass is 455 g/mol. The molecule has 1 saturated heterocycles. The number of carbonyl (C=O) groups excluding carboxylic acids is 1. The van der Waals surface area contributed by atoms with Crippen molar-refractivity contribution in [2.75, 3.05) is 7.11 Å². The van der Waals surface area contributed by atoms with Gasteiger partial charge in [0.2, 0.25) is 5.91 Å². The number of amides is 1. The first kappa shape index (κ1) is 22.1. The Labute approximate surface area is 187 Å². The third kappa shape index (κ3) is 4.16. The molecule has 1 N–H and O–H groups in total. The molecule has 3 atom stereocenters. The van der Waals surface area contributed by atoms with Crippen LogP contribution in [0, 0.1) is 6.92 Å². The molecule has 3 aromatic rings. The van der Waals surface area contributed by atoms with E-state index in [1.54, 1.807) is 55.6 Å². The molecule has 1 aliphatic heterocycles. The summed E-state index contributed by atoms with van der Waals surface area (Å²) in [6.07, 6.45) is -0.193. The van der Waals surface area contributed by atoms with Crippen molar-refractivity contribution in [3.63, 3.8) is 0 Å². The molecule has 1 aliphatic rings. The zero-order valence-corrected chi connectivity index (χ0v) is 18.7. The smallest absolute Gasteiger partial charge is 0.225 e. The third-order valence-corrected chi connectivity index (χ3v) is 8.07. The van der Waals surface area contributed by atoms with Gasteiger partial charge in [-0.15, -0.1) is 0 Å². The van der Waals surface area contributed by atoms with Crippen LogP contribution in [0.15, 0.2) is 76.2 Å². The average molecular weight is 456 g/mol. The number of hydrogen-bond acceptors (Lipinski definition) is 6. The van der Waals surface area contributed by atoms with Gasteiger partial charge in [-0.3, -0.25) is 4.79 Å². The predicted molar refractivity (Wildman–Crippen MR) is 118 cm³/mol. The lowest BCUT2D eigenvalue weighted by Gasteiger charge is -2.41. The van der Waals surface area contributed by atoms with E-state index in [9.17, 15) is 18.3 Å². The van der Waals surface area contributed by atoms with Crippen molar-refractivity contribution in [2.45, 2.75) is 42.2 Å². The first-order valence-electron chi connectivity index (χ1n) is 10.3. The number of aliphatic hydroxyl groups excluding tert-OH is 1. The first-order chi connectivity index (χ1) is 15.3. The van der Waals surface area contributed by atoms with Crippen LogP contribution in [0.3, 0.4) is 0 Å². The van der Waals surface area contributed by atoms with E-state index in [0.29, 0.717) is 11.5 Å². The molecule has 8 heteroatoms. The highest BCUT2D eigenvalue weighted by atomic mass is 32.2. The molecule has 32 heavy (non-hydrogen) atoms. The van der Waals surface area contributed by atoms with E-state index in [-0.39, 0.29) is 23.8 Å². The molecule has 4 rings (SSSR count). The molecular formula is C24H25NO6S. The number of carbonyl (C=O) groups is 1. The summed E-state index contributed by atoms with van der Waals surface area (Å²) in [7, 11) is -2.43. The summed E-state index contributed by atoms with van der Waals surface area (Å²) in [5.41, 5.74) is 1.67. The van der Waals surface area contributed by atoms with E-state index in [0.717, 1.165) is 11.1 Å². The lowest BCUT2D eigenvalue weighted by atomic mass is 9.91. The number of rotatable bonds is 6. The maximum Gasteiger partial charge on any atom is 0.225 e. The largest absolute Gasteiger partial charge is 0.497 e. The van der Waals surface area contributed by atoms with E-state index in [1.165, 1.54) is 23.3 Å². The molecule has 0 radical (unpaired) electrons. The summed E-state index contributed by atoms with van der Waals surface area (Å²) in [5.74, 6) is -0.116. The van der Waals surface area contributed by atoms with E-state index in [4.69, 9.17) is 9.15 Å². The molecule has 7 nitrogen and oxygen atoms in total. The van der Waals surface area contributed by atoms with Crippen LogP contribution >= 0.6 is 0 Å². The molecule has 1 amide bonds. The number of aliphatic hydroxyl groups is 1. The van der Waals surface area contributed by atoms with Gasteiger partial charge in [0.25, 0.3) is 0 Å². The Hall–Kier alpha value is -3.10. The molecule has 1 aromatic heterocycles. The Balaban J connectivity index is 1.72. The second kappa shape index (κ2) is 8.80. The van der Waals surface area contributed by atoms with Crippen LogP contribution in [-0.4, -0.2) is 42.9 Å². The van der Waals surface area contributed by atoms with Crippen LogP contribution in [0.4, 0.5) is 0 Å². The van der Waals surface area contributed by atoms with Gasteiger partial charge < -0.3 is 19.2 Å². The Bertz CT molecular complexity index is 1170. The maximum atomic E-state index is 13.6. The van der Waals surface area contributed by atoms with Crippen LogP contribution in [0.25, 0.3) is 0 Å². The van der Waals surface area contributed by atoms with Crippen molar-refractivity contribution >= 4 is 15.7 Å². The summed E-state index contributed by atoms with van der Waals surface area (Å²) < 4.78 is 37.9. The summed E-state index contributed by atoms with van der Waals surface area (Å²) >= 11 is 0. The summed E-state index contributed by atoms with van der Waals surface area (Å²) in [4.78, 5) is 14.3. The molecule has 0 aliphatic carbocycles. The van der Waals surface area contributed by atoms with Gasteiger partial charge in [0.15, 0.2) is 9.84 Å². The number of piperidine rings is 1. The fourth-order valence-corrected chi connectivity index (χ4v) is 6.05. The number of sulfone groups is 1. The quantitative estimate of drug-likeness (QED) is 0.613. The van der Waals surface area contributed by atoms with Crippen molar-refractivity contribution in [1.29, 1.82) is 0 Å². The zero-order valence-electron chi connectivity index (χ0n) is 17.8. The van der Waals surface area contributed by atoms with Gasteiger partial charge in [-0.25, -0.2) is 8.42 Å². The SMILES string of the molecule is COc1ccc(CN2C(=O)CC(c3ccco3)C(S(=O)(=O)c3ccc(C)cc3)C2O)cc1.